The van der Waals surface area contributed by atoms with Crippen LogP contribution in [0.15, 0.2) is 30.3 Å². The highest BCUT2D eigenvalue weighted by atomic mass is 16.3. The number of hydrogen-bond acceptors (Lipinski definition) is 3. The normalized spacial score (nSPS) is 13.9. The minimum atomic E-state index is -0.543. The van der Waals surface area contributed by atoms with Crippen molar-refractivity contribution < 1.29 is 9.90 Å². The Morgan fingerprint density at radius 2 is 1.94 bits per heavy atom. The first-order valence-electron chi connectivity index (χ1n) is 6.27. The van der Waals surface area contributed by atoms with E-state index in [4.69, 9.17) is 0 Å². The summed E-state index contributed by atoms with van der Waals surface area (Å²) in [4.78, 5) is 11.6. The van der Waals surface area contributed by atoms with Crippen LogP contribution in [-0.4, -0.2) is 37.3 Å². The number of aliphatic hydroxyl groups is 1. The first-order chi connectivity index (χ1) is 8.63. The third-order valence-electron chi connectivity index (χ3n) is 2.78. The standard InChI is InChI=1S/C14H22N2O2/c1-11(9-15-2)14(18)16-10-13(17)8-12-6-4-3-5-7-12/h3-7,11,13,15,17H,8-10H2,1-2H3,(H,16,18). The van der Waals surface area contributed by atoms with Gasteiger partial charge >= 0.3 is 0 Å². The van der Waals surface area contributed by atoms with Crippen molar-refractivity contribution in [2.24, 2.45) is 5.92 Å². The second-order valence-electron chi connectivity index (χ2n) is 4.55. The van der Waals surface area contributed by atoms with Gasteiger partial charge < -0.3 is 15.7 Å². The molecular formula is C14H22N2O2. The van der Waals surface area contributed by atoms with E-state index in [0.29, 0.717) is 19.5 Å². The number of nitrogens with one attached hydrogen (secondary N) is 2. The number of hydrogen-bond donors (Lipinski definition) is 3. The van der Waals surface area contributed by atoms with Gasteiger partial charge in [-0.25, -0.2) is 0 Å². The minimum Gasteiger partial charge on any atom is -0.391 e. The third-order valence-corrected chi connectivity index (χ3v) is 2.78. The van der Waals surface area contributed by atoms with Crippen molar-refractivity contribution in [1.82, 2.24) is 10.6 Å². The zero-order valence-corrected chi connectivity index (χ0v) is 11.0. The van der Waals surface area contributed by atoms with Crippen LogP contribution in [0, 0.1) is 5.92 Å². The van der Waals surface area contributed by atoms with Crippen molar-refractivity contribution in [3.05, 3.63) is 35.9 Å². The van der Waals surface area contributed by atoms with Gasteiger partial charge in [0.1, 0.15) is 0 Å². The van der Waals surface area contributed by atoms with Crippen molar-refractivity contribution in [1.29, 1.82) is 0 Å². The highest BCUT2D eigenvalue weighted by Crippen LogP contribution is 2.02. The maximum atomic E-state index is 11.6. The van der Waals surface area contributed by atoms with Crippen molar-refractivity contribution in [2.45, 2.75) is 19.4 Å². The number of carbonyl (C=O) groups is 1. The Morgan fingerprint density at radius 3 is 2.56 bits per heavy atom. The smallest absolute Gasteiger partial charge is 0.224 e. The van der Waals surface area contributed by atoms with Crippen LogP contribution in [0.5, 0.6) is 0 Å². The molecule has 0 saturated carbocycles. The van der Waals surface area contributed by atoms with Crippen LogP contribution in [0.4, 0.5) is 0 Å². The lowest BCUT2D eigenvalue weighted by molar-refractivity contribution is -0.124. The summed E-state index contributed by atoms with van der Waals surface area (Å²) in [6, 6.07) is 9.76. The molecular weight excluding hydrogens is 228 g/mol. The van der Waals surface area contributed by atoms with Crippen molar-refractivity contribution in [2.75, 3.05) is 20.1 Å². The Morgan fingerprint density at radius 1 is 1.28 bits per heavy atom. The Hall–Kier alpha value is -1.39. The molecule has 0 fully saturated rings. The predicted octanol–water partition coefficient (Wildman–Crippen LogP) is 0.562. The number of carbonyl (C=O) groups excluding carboxylic acids is 1. The predicted molar refractivity (Wildman–Crippen MR) is 72.3 cm³/mol. The fraction of sp³-hybridized carbons (Fsp3) is 0.500. The Labute approximate surface area is 108 Å². The molecule has 1 aromatic rings. The maximum Gasteiger partial charge on any atom is 0.224 e. The highest BCUT2D eigenvalue weighted by molar-refractivity contribution is 5.78. The Kier molecular flexibility index (Phi) is 6.39. The molecule has 1 aromatic carbocycles. The summed E-state index contributed by atoms with van der Waals surface area (Å²) in [5.74, 6) is -0.115. The first kappa shape index (κ1) is 14.7. The van der Waals surface area contributed by atoms with Crippen LogP contribution in [-0.2, 0) is 11.2 Å². The molecule has 0 aliphatic carbocycles. The third kappa shape index (κ3) is 5.29. The van der Waals surface area contributed by atoms with Crippen LogP contribution in [0.2, 0.25) is 0 Å². The van der Waals surface area contributed by atoms with E-state index in [0.717, 1.165) is 5.56 Å². The monoisotopic (exact) mass is 250 g/mol. The molecule has 3 N–H and O–H groups in total. The molecule has 18 heavy (non-hydrogen) atoms. The fourth-order valence-corrected chi connectivity index (χ4v) is 1.75. The lowest BCUT2D eigenvalue weighted by Gasteiger charge is -2.15. The molecule has 0 spiro atoms. The molecule has 0 aromatic heterocycles. The molecule has 2 atom stereocenters. The molecule has 100 valence electrons. The molecule has 0 bridgehead atoms. The molecule has 0 saturated heterocycles. The second kappa shape index (κ2) is 7.84. The van der Waals surface area contributed by atoms with Crippen molar-refractivity contribution >= 4 is 5.91 Å². The van der Waals surface area contributed by atoms with Gasteiger partial charge in [0.15, 0.2) is 0 Å². The van der Waals surface area contributed by atoms with E-state index in [-0.39, 0.29) is 11.8 Å². The summed E-state index contributed by atoms with van der Waals surface area (Å²) in [6.45, 7) is 2.79. The van der Waals surface area contributed by atoms with Gasteiger partial charge in [-0.05, 0) is 12.6 Å². The van der Waals surface area contributed by atoms with Gasteiger partial charge in [-0.3, -0.25) is 4.79 Å². The van der Waals surface area contributed by atoms with Crippen molar-refractivity contribution in [3.8, 4) is 0 Å². The molecule has 0 aliphatic rings. The van der Waals surface area contributed by atoms with E-state index >= 15 is 0 Å². The average Bonchev–Trinajstić information content (AvgIpc) is 2.37. The number of amides is 1. The molecule has 0 aliphatic heterocycles. The lowest BCUT2D eigenvalue weighted by atomic mass is 10.1. The molecule has 1 amide bonds. The summed E-state index contributed by atoms with van der Waals surface area (Å²) in [5, 5.41) is 15.5. The Bertz CT molecular complexity index is 354. The van der Waals surface area contributed by atoms with Gasteiger partial charge in [0, 0.05) is 25.4 Å². The lowest BCUT2D eigenvalue weighted by Crippen LogP contribution is -2.39. The molecule has 2 unspecified atom stereocenters. The summed E-state index contributed by atoms with van der Waals surface area (Å²) in [5.41, 5.74) is 1.07. The van der Waals surface area contributed by atoms with Crippen LogP contribution in [0.3, 0.4) is 0 Å². The van der Waals surface area contributed by atoms with Gasteiger partial charge in [-0.15, -0.1) is 0 Å². The number of benzene rings is 1. The van der Waals surface area contributed by atoms with Crippen molar-refractivity contribution in [3.63, 3.8) is 0 Å². The summed E-state index contributed by atoms with van der Waals surface area (Å²) in [6.07, 6.45) is 0.0137. The molecule has 1 rings (SSSR count). The summed E-state index contributed by atoms with van der Waals surface area (Å²) >= 11 is 0. The van der Waals surface area contributed by atoms with E-state index in [2.05, 4.69) is 10.6 Å². The molecule has 0 heterocycles. The van der Waals surface area contributed by atoms with E-state index in [9.17, 15) is 9.90 Å². The van der Waals surface area contributed by atoms with Gasteiger partial charge in [0.25, 0.3) is 0 Å². The topological polar surface area (TPSA) is 61.4 Å². The van der Waals surface area contributed by atoms with Gasteiger partial charge in [-0.1, -0.05) is 37.3 Å². The van der Waals surface area contributed by atoms with Gasteiger partial charge in [0.05, 0.1) is 6.10 Å². The van der Waals surface area contributed by atoms with Gasteiger partial charge in [-0.2, -0.15) is 0 Å². The zero-order valence-electron chi connectivity index (χ0n) is 11.0. The molecule has 0 radical (unpaired) electrons. The van der Waals surface area contributed by atoms with E-state index in [1.807, 2.05) is 44.3 Å². The van der Waals surface area contributed by atoms with Gasteiger partial charge in [0.2, 0.25) is 5.91 Å². The maximum absolute atomic E-state index is 11.6. The SMILES string of the molecule is CNCC(C)C(=O)NCC(O)Cc1ccccc1. The highest BCUT2D eigenvalue weighted by Gasteiger charge is 2.13. The largest absolute Gasteiger partial charge is 0.391 e. The minimum absolute atomic E-state index is 0.0311. The second-order valence-corrected chi connectivity index (χ2v) is 4.55. The number of rotatable bonds is 7. The van der Waals surface area contributed by atoms with E-state index < -0.39 is 6.10 Å². The quantitative estimate of drug-likeness (QED) is 0.663. The van der Waals surface area contributed by atoms with Crippen LogP contribution >= 0.6 is 0 Å². The fourth-order valence-electron chi connectivity index (χ4n) is 1.75. The summed E-state index contributed by atoms with van der Waals surface area (Å²) in [7, 11) is 1.81. The summed E-state index contributed by atoms with van der Waals surface area (Å²) < 4.78 is 0. The average molecular weight is 250 g/mol. The zero-order chi connectivity index (χ0) is 13.4. The Balaban J connectivity index is 2.29. The number of aliphatic hydroxyl groups excluding tert-OH is 1. The molecule has 4 heteroatoms. The van der Waals surface area contributed by atoms with Crippen LogP contribution < -0.4 is 10.6 Å². The van der Waals surface area contributed by atoms with E-state index in [1.165, 1.54) is 0 Å². The first-order valence-corrected chi connectivity index (χ1v) is 6.27. The molecule has 4 nitrogen and oxygen atoms in total. The van der Waals surface area contributed by atoms with Crippen LogP contribution in [0.1, 0.15) is 12.5 Å². The van der Waals surface area contributed by atoms with Crippen LogP contribution in [0.25, 0.3) is 0 Å². The van der Waals surface area contributed by atoms with E-state index in [1.54, 1.807) is 0 Å².